The van der Waals surface area contributed by atoms with E-state index in [4.69, 9.17) is 11.6 Å². The molecule has 0 spiro atoms. The molecule has 1 aliphatic rings. The minimum atomic E-state index is -0.434. The van der Waals surface area contributed by atoms with Crippen molar-refractivity contribution in [3.8, 4) is 0 Å². The molecule has 1 unspecified atom stereocenters. The fourth-order valence-corrected chi connectivity index (χ4v) is 2.10. The normalized spacial score (nSPS) is 20.6. The third kappa shape index (κ3) is 3.33. The van der Waals surface area contributed by atoms with Crippen molar-refractivity contribution in [3.63, 3.8) is 0 Å². The van der Waals surface area contributed by atoms with Gasteiger partial charge in [-0.15, -0.1) is 0 Å². The number of carbonyl (C=O) groups excluding carboxylic acids is 1. The number of nitrogens with one attached hydrogen (secondary N) is 2. The van der Waals surface area contributed by atoms with Crippen LogP contribution in [0.2, 0.25) is 5.02 Å². The average molecular weight is 257 g/mol. The summed E-state index contributed by atoms with van der Waals surface area (Å²) >= 11 is 5.70. The number of benzene rings is 1. The first-order chi connectivity index (χ1) is 8.15. The molecule has 1 aliphatic heterocycles. The van der Waals surface area contributed by atoms with Crippen LogP contribution in [0.3, 0.4) is 0 Å². The van der Waals surface area contributed by atoms with Gasteiger partial charge in [-0.25, -0.2) is 4.39 Å². The van der Waals surface area contributed by atoms with E-state index in [9.17, 15) is 9.18 Å². The van der Waals surface area contributed by atoms with Crippen molar-refractivity contribution in [2.45, 2.75) is 25.3 Å². The molecule has 0 aromatic heterocycles. The van der Waals surface area contributed by atoms with Gasteiger partial charge in [-0.2, -0.15) is 0 Å². The van der Waals surface area contributed by atoms with Gasteiger partial charge < -0.3 is 10.6 Å². The van der Waals surface area contributed by atoms with Gasteiger partial charge in [0.1, 0.15) is 5.82 Å². The SMILES string of the molecule is O=C1CC(Nc2ccc(F)c(Cl)c2)CCCN1. The second-order valence-electron chi connectivity index (χ2n) is 4.17. The van der Waals surface area contributed by atoms with Crippen LogP contribution in [0.5, 0.6) is 0 Å². The smallest absolute Gasteiger partial charge is 0.222 e. The quantitative estimate of drug-likeness (QED) is 0.854. The Morgan fingerprint density at radius 3 is 3.06 bits per heavy atom. The number of carbonyl (C=O) groups is 1. The molecule has 2 rings (SSSR count). The van der Waals surface area contributed by atoms with E-state index in [1.54, 1.807) is 12.1 Å². The molecule has 92 valence electrons. The van der Waals surface area contributed by atoms with E-state index in [0.29, 0.717) is 6.42 Å². The first kappa shape index (κ1) is 12.2. The highest BCUT2D eigenvalue weighted by Crippen LogP contribution is 2.21. The van der Waals surface area contributed by atoms with Crippen molar-refractivity contribution >= 4 is 23.2 Å². The van der Waals surface area contributed by atoms with E-state index in [-0.39, 0.29) is 17.0 Å². The minimum absolute atomic E-state index is 0.0493. The van der Waals surface area contributed by atoms with Crippen LogP contribution >= 0.6 is 11.6 Å². The number of anilines is 1. The Bertz CT molecular complexity index is 425. The summed E-state index contributed by atoms with van der Waals surface area (Å²) < 4.78 is 13.0. The summed E-state index contributed by atoms with van der Waals surface area (Å²) in [5.74, 6) is -0.385. The molecular weight excluding hydrogens is 243 g/mol. The van der Waals surface area contributed by atoms with Gasteiger partial charge in [0.15, 0.2) is 0 Å². The lowest BCUT2D eigenvalue weighted by Gasteiger charge is -2.16. The molecule has 0 aliphatic carbocycles. The highest BCUT2D eigenvalue weighted by atomic mass is 35.5. The van der Waals surface area contributed by atoms with Crippen LogP contribution in [-0.2, 0) is 4.79 Å². The molecule has 1 aromatic carbocycles. The molecule has 1 heterocycles. The zero-order valence-corrected chi connectivity index (χ0v) is 10.1. The first-order valence-electron chi connectivity index (χ1n) is 5.63. The molecule has 0 saturated carbocycles. The Morgan fingerprint density at radius 2 is 2.29 bits per heavy atom. The third-order valence-corrected chi connectivity index (χ3v) is 3.06. The molecule has 0 bridgehead atoms. The third-order valence-electron chi connectivity index (χ3n) is 2.77. The van der Waals surface area contributed by atoms with E-state index in [2.05, 4.69) is 10.6 Å². The van der Waals surface area contributed by atoms with Crippen molar-refractivity contribution in [1.29, 1.82) is 0 Å². The van der Waals surface area contributed by atoms with E-state index in [1.807, 2.05) is 0 Å². The molecule has 0 radical (unpaired) electrons. The van der Waals surface area contributed by atoms with Crippen LogP contribution in [-0.4, -0.2) is 18.5 Å². The second-order valence-corrected chi connectivity index (χ2v) is 4.57. The highest BCUT2D eigenvalue weighted by Gasteiger charge is 2.17. The molecule has 3 nitrogen and oxygen atoms in total. The summed E-state index contributed by atoms with van der Waals surface area (Å²) in [4.78, 5) is 11.4. The first-order valence-corrected chi connectivity index (χ1v) is 6.01. The molecule has 5 heteroatoms. The Morgan fingerprint density at radius 1 is 1.47 bits per heavy atom. The zero-order valence-electron chi connectivity index (χ0n) is 9.30. The predicted octanol–water partition coefficient (Wildman–Crippen LogP) is 2.56. The van der Waals surface area contributed by atoms with Crippen LogP contribution in [0.15, 0.2) is 18.2 Å². The molecule has 2 N–H and O–H groups in total. The summed E-state index contributed by atoms with van der Waals surface area (Å²) in [5.41, 5.74) is 0.746. The summed E-state index contributed by atoms with van der Waals surface area (Å²) in [6.45, 7) is 0.723. The molecule has 1 fully saturated rings. The molecule has 1 amide bonds. The van der Waals surface area contributed by atoms with Crippen LogP contribution in [0, 0.1) is 5.82 Å². The van der Waals surface area contributed by atoms with Crippen molar-refractivity contribution < 1.29 is 9.18 Å². The van der Waals surface area contributed by atoms with Crippen molar-refractivity contribution in [2.75, 3.05) is 11.9 Å². The van der Waals surface area contributed by atoms with E-state index in [0.717, 1.165) is 25.1 Å². The van der Waals surface area contributed by atoms with Gasteiger partial charge in [0.25, 0.3) is 0 Å². The van der Waals surface area contributed by atoms with Crippen molar-refractivity contribution in [3.05, 3.63) is 29.0 Å². The summed E-state index contributed by atoms with van der Waals surface area (Å²) in [7, 11) is 0. The minimum Gasteiger partial charge on any atom is -0.382 e. The van der Waals surface area contributed by atoms with E-state index >= 15 is 0 Å². The Labute approximate surface area is 104 Å². The Kier molecular flexibility index (Phi) is 3.84. The largest absolute Gasteiger partial charge is 0.382 e. The molecular formula is C12H14ClFN2O. The number of hydrogen-bond acceptors (Lipinski definition) is 2. The fraction of sp³-hybridized carbons (Fsp3) is 0.417. The topological polar surface area (TPSA) is 41.1 Å². The number of amides is 1. The second kappa shape index (κ2) is 5.36. The lowest BCUT2D eigenvalue weighted by molar-refractivity contribution is -0.120. The molecule has 1 aromatic rings. The van der Waals surface area contributed by atoms with Gasteiger partial charge in [-0.1, -0.05) is 11.6 Å². The highest BCUT2D eigenvalue weighted by molar-refractivity contribution is 6.31. The lowest BCUT2D eigenvalue weighted by Crippen LogP contribution is -2.26. The molecule has 1 saturated heterocycles. The van der Waals surface area contributed by atoms with Crippen LogP contribution < -0.4 is 10.6 Å². The van der Waals surface area contributed by atoms with Gasteiger partial charge in [-0.05, 0) is 31.0 Å². The van der Waals surface area contributed by atoms with Crippen LogP contribution in [0.4, 0.5) is 10.1 Å². The summed E-state index contributed by atoms with van der Waals surface area (Å²) in [6, 6.07) is 4.57. The summed E-state index contributed by atoms with van der Waals surface area (Å²) in [5, 5.41) is 6.11. The number of halogens is 2. The number of hydrogen-bond donors (Lipinski definition) is 2. The fourth-order valence-electron chi connectivity index (χ4n) is 1.92. The standard InChI is InChI=1S/C12H14ClFN2O/c13-10-6-9(3-4-11(10)14)16-8-2-1-5-15-12(17)7-8/h3-4,6,8,16H,1-2,5,7H2,(H,15,17). The maximum absolute atomic E-state index is 13.0. The number of rotatable bonds is 2. The monoisotopic (exact) mass is 256 g/mol. The van der Waals surface area contributed by atoms with Crippen LogP contribution in [0.25, 0.3) is 0 Å². The van der Waals surface area contributed by atoms with Gasteiger partial charge in [0.2, 0.25) is 5.91 Å². The molecule has 1 atom stereocenters. The zero-order chi connectivity index (χ0) is 12.3. The van der Waals surface area contributed by atoms with E-state index in [1.165, 1.54) is 6.07 Å². The van der Waals surface area contributed by atoms with Gasteiger partial charge in [-0.3, -0.25) is 4.79 Å². The Balaban J connectivity index is 2.03. The molecule has 17 heavy (non-hydrogen) atoms. The predicted molar refractivity (Wildman–Crippen MR) is 65.7 cm³/mol. The van der Waals surface area contributed by atoms with Gasteiger partial charge in [0.05, 0.1) is 5.02 Å². The van der Waals surface area contributed by atoms with Crippen LogP contribution in [0.1, 0.15) is 19.3 Å². The maximum atomic E-state index is 13.0. The van der Waals surface area contributed by atoms with E-state index < -0.39 is 5.82 Å². The average Bonchev–Trinajstić information content (AvgIpc) is 2.48. The van der Waals surface area contributed by atoms with Crippen molar-refractivity contribution in [2.24, 2.45) is 0 Å². The van der Waals surface area contributed by atoms with Gasteiger partial charge in [0, 0.05) is 24.7 Å². The maximum Gasteiger partial charge on any atom is 0.222 e. The lowest BCUT2D eigenvalue weighted by atomic mass is 10.1. The Hall–Kier alpha value is -1.29. The van der Waals surface area contributed by atoms with Crippen molar-refractivity contribution in [1.82, 2.24) is 5.32 Å². The van der Waals surface area contributed by atoms with Gasteiger partial charge >= 0.3 is 0 Å². The summed E-state index contributed by atoms with van der Waals surface area (Å²) in [6.07, 6.45) is 2.29.